The van der Waals surface area contributed by atoms with Gasteiger partial charge in [0.15, 0.2) is 23.0 Å². The van der Waals surface area contributed by atoms with E-state index in [2.05, 4.69) is 0 Å². The fraction of sp³-hybridized carbons (Fsp3) is 0.222. The van der Waals surface area contributed by atoms with Crippen LogP contribution in [0.2, 0.25) is 0 Å². The normalized spacial score (nSPS) is 10.7. The highest BCUT2D eigenvalue weighted by Gasteiger charge is 2.17. The Kier molecular flexibility index (Phi) is 5.42. The SMILES string of the molecule is COc1ccc(/C=C\c2cc(OC)c(OC)c(OC)c2N)cc1O. The van der Waals surface area contributed by atoms with Crippen LogP contribution in [0.15, 0.2) is 24.3 Å². The number of ether oxygens (including phenoxy) is 4. The molecule has 2 aromatic rings. The molecule has 0 radical (unpaired) electrons. The van der Waals surface area contributed by atoms with E-state index in [0.29, 0.717) is 34.2 Å². The van der Waals surface area contributed by atoms with Gasteiger partial charge in [-0.25, -0.2) is 0 Å². The summed E-state index contributed by atoms with van der Waals surface area (Å²) in [5, 5.41) is 9.84. The highest BCUT2D eigenvalue weighted by molar-refractivity contribution is 5.82. The van der Waals surface area contributed by atoms with Gasteiger partial charge in [-0.1, -0.05) is 18.2 Å². The molecule has 24 heavy (non-hydrogen) atoms. The van der Waals surface area contributed by atoms with Gasteiger partial charge < -0.3 is 29.8 Å². The first kappa shape index (κ1) is 17.3. The van der Waals surface area contributed by atoms with E-state index in [-0.39, 0.29) is 5.75 Å². The minimum atomic E-state index is 0.0671. The molecule has 0 amide bonds. The molecule has 128 valence electrons. The van der Waals surface area contributed by atoms with E-state index < -0.39 is 0 Å². The van der Waals surface area contributed by atoms with E-state index in [1.54, 1.807) is 31.4 Å². The van der Waals surface area contributed by atoms with E-state index in [9.17, 15) is 5.11 Å². The average molecular weight is 331 g/mol. The van der Waals surface area contributed by atoms with Crippen molar-refractivity contribution in [2.24, 2.45) is 0 Å². The second kappa shape index (κ2) is 7.50. The molecule has 0 saturated heterocycles. The fourth-order valence-corrected chi connectivity index (χ4v) is 2.33. The van der Waals surface area contributed by atoms with Gasteiger partial charge in [-0.3, -0.25) is 0 Å². The zero-order chi connectivity index (χ0) is 17.7. The van der Waals surface area contributed by atoms with Gasteiger partial charge in [0.1, 0.15) is 0 Å². The van der Waals surface area contributed by atoms with Gasteiger partial charge in [-0.15, -0.1) is 0 Å². The summed E-state index contributed by atoms with van der Waals surface area (Å²) >= 11 is 0. The predicted octanol–water partition coefficient (Wildman–Crippen LogP) is 3.18. The lowest BCUT2D eigenvalue weighted by Gasteiger charge is -2.16. The van der Waals surface area contributed by atoms with Crippen LogP contribution in [0.1, 0.15) is 11.1 Å². The number of rotatable bonds is 6. The molecule has 0 aliphatic rings. The monoisotopic (exact) mass is 331 g/mol. The zero-order valence-corrected chi connectivity index (χ0v) is 14.1. The van der Waals surface area contributed by atoms with Crippen LogP contribution < -0.4 is 24.7 Å². The Morgan fingerprint density at radius 2 is 1.50 bits per heavy atom. The second-order valence-corrected chi connectivity index (χ2v) is 4.91. The minimum absolute atomic E-state index is 0.0671. The Bertz CT molecular complexity index is 756. The maximum Gasteiger partial charge on any atom is 0.205 e. The molecule has 0 fully saturated rings. The van der Waals surface area contributed by atoms with E-state index in [4.69, 9.17) is 24.7 Å². The van der Waals surface area contributed by atoms with Gasteiger partial charge in [0.25, 0.3) is 0 Å². The van der Waals surface area contributed by atoms with E-state index in [0.717, 1.165) is 5.56 Å². The molecular weight excluding hydrogens is 310 g/mol. The van der Waals surface area contributed by atoms with Crippen molar-refractivity contribution in [3.63, 3.8) is 0 Å². The van der Waals surface area contributed by atoms with Gasteiger partial charge in [-0.2, -0.15) is 0 Å². The summed E-state index contributed by atoms with van der Waals surface area (Å²) in [6.07, 6.45) is 3.62. The van der Waals surface area contributed by atoms with Crippen molar-refractivity contribution in [2.45, 2.75) is 0 Å². The number of nitrogens with two attached hydrogens (primary N) is 1. The molecule has 0 atom stereocenters. The summed E-state index contributed by atoms with van der Waals surface area (Å²) in [5.41, 5.74) is 8.09. The van der Waals surface area contributed by atoms with Gasteiger partial charge >= 0.3 is 0 Å². The van der Waals surface area contributed by atoms with Crippen LogP contribution >= 0.6 is 0 Å². The lowest BCUT2D eigenvalue weighted by Crippen LogP contribution is -2.01. The number of hydrogen-bond donors (Lipinski definition) is 2. The van der Waals surface area contributed by atoms with Crippen LogP contribution in [0.5, 0.6) is 28.7 Å². The third-order valence-electron chi connectivity index (χ3n) is 3.56. The molecule has 0 aliphatic heterocycles. The standard InChI is InChI=1S/C18H21NO5/c1-21-14-8-6-11(9-13(14)20)5-7-12-10-15(22-2)17(23-3)18(24-4)16(12)19/h5-10,20H,19H2,1-4H3/b7-5-. The van der Waals surface area contributed by atoms with Crippen LogP contribution in [0.3, 0.4) is 0 Å². The molecule has 6 nitrogen and oxygen atoms in total. The first-order chi connectivity index (χ1) is 11.5. The smallest absolute Gasteiger partial charge is 0.205 e. The number of methoxy groups -OCH3 is 4. The highest BCUT2D eigenvalue weighted by Crippen LogP contribution is 2.44. The molecular formula is C18H21NO5. The van der Waals surface area contributed by atoms with Crippen LogP contribution in [0, 0.1) is 0 Å². The quantitative estimate of drug-likeness (QED) is 0.625. The first-order valence-corrected chi connectivity index (χ1v) is 7.19. The predicted molar refractivity (Wildman–Crippen MR) is 94.1 cm³/mol. The van der Waals surface area contributed by atoms with Crippen LogP contribution in [0.4, 0.5) is 5.69 Å². The summed E-state index contributed by atoms with van der Waals surface area (Å²) < 4.78 is 21.0. The van der Waals surface area contributed by atoms with Crippen LogP contribution in [-0.2, 0) is 0 Å². The third kappa shape index (κ3) is 3.32. The summed E-state index contributed by atoms with van der Waals surface area (Å²) in [6.45, 7) is 0. The van der Waals surface area contributed by atoms with E-state index in [1.807, 2.05) is 12.1 Å². The molecule has 6 heteroatoms. The van der Waals surface area contributed by atoms with Crippen molar-refractivity contribution >= 4 is 17.8 Å². The molecule has 3 N–H and O–H groups in total. The minimum Gasteiger partial charge on any atom is -0.504 e. The topological polar surface area (TPSA) is 83.2 Å². The van der Waals surface area contributed by atoms with Crippen molar-refractivity contribution in [1.82, 2.24) is 0 Å². The molecule has 0 aromatic heterocycles. The average Bonchev–Trinajstić information content (AvgIpc) is 2.60. The second-order valence-electron chi connectivity index (χ2n) is 4.91. The summed E-state index contributed by atoms with van der Waals surface area (Å²) in [6, 6.07) is 6.87. The zero-order valence-electron chi connectivity index (χ0n) is 14.1. The van der Waals surface area contributed by atoms with Crippen LogP contribution in [-0.4, -0.2) is 33.5 Å². The van der Waals surface area contributed by atoms with Crippen molar-refractivity contribution in [3.05, 3.63) is 35.4 Å². The number of nitrogen functional groups attached to an aromatic ring is 1. The lowest BCUT2D eigenvalue weighted by molar-refractivity contribution is 0.325. The molecule has 0 aliphatic carbocycles. The van der Waals surface area contributed by atoms with Crippen molar-refractivity contribution < 1.29 is 24.1 Å². The number of anilines is 1. The number of phenols is 1. The maximum absolute atomic E-state index is 9.84. The Balaban J connectivity index is 2.43. The molecule has 0 spiro atoms. The maximum atomic E-state index is 9.84. The Labute approximate surface area is 141 Å². The van der Waals surface area contributed by atoms with Crippen LogP contribution in [0.25, 0.3) is 12.2 Å². The Morgan fingerprint density at radius 3 is 2.04 bits per heavy atom. The lowest BCUT2D eigenvalue weighted by atomic mass is 10.1. The highest BCUT2D eigenvalue weighted by atomic mass is 16.5. The van der Waals surface area contributed by atoms with Gasteiger partial charge in [0.05, 0.1) is 34.1 Å². The van der Waals surface area contributed by atoms with Crippen molar-refractivity contribution in [2.75, 3.05) is 34.2 Å². The molecule has 0 unspecified atom stereocenters. The van der Waals surface area contributed by atoms with E-state index in [1.165, 1.54) is 21.3 Å². The van der Waals surface area contributed by atoms with Gasteiger partial charge in [0.2, 0.25) is 5.75 Å². The van der Waals surface area contributed by atoms with Crippen molar-refractivity contribution in [3.8, 4) is 28.7 Å². The Morgan fingerprint density at radius 1 is 0.833 bits per heavy atom. The van der Waals surface area contributed by atoms with Gasteiger partial charge in [0, 0.05) is 5.56 Å². The molecule has 2 rings (SSSR count). The van der Waals surface area contributed by atoms with Crippen molar-refractivity contribution in [1.29, 1.82) is 0 Å². The fourth-order valence-electron chi connectivity index (χ4n) is 2.33. The largest absolute Gasteiger partial charge is 0.504 e. The molecule has 0 saturated carbocycles. The number of benzene rings is 2. The molecule has 0 heterocycles. The Hall–Kier alpha value is -3.02. The third-order valence-corrected chi connectivity index (χ3v) is 3.56. The summed E-state index contributed by atoms with van der Waals surface area (Å²) in [7, 11) is 6.09. The molecule has 0 bridgehead atoms. The number of phenolic OH excluding ortho intramolecular Hbond substituents is 1. The molecule has 2 aromatic carbocycles. The van der Waals surface area contributed by atoms with E-state index >= 15 is 0 Å². The number of aromatic hydroxyl groups is 1. The summed E-state index contributed by atoms with van der Waals surface area (Å²) in [4.78, 5) is 0. The number of hydrogen-bond acceptors (Lipinski definition) is 6. The van der Waals surface area contributed by atoms with Gasteiger partial charge in [-0.05, 0) is 23.8 Å². The summed E-state index contributed by atoms with van der Waals surface area (Å²) in [5.74, 6) is 1.85. The first-order valence-electron chi connectivity index (χ1n) is 7.19.